The van der Waals surface area contributed by atoms with E-state index in [4.69, 9.17) is 11.5 Å². The van der Waals surface area contributed by atoms with Crippen LogP contribution in [-0.4, -0.2) is 35.5 Å². The van der Waals surface area contributed by atoms with Crippen LogP contribution in [0, 0.1) is 0 Å². The number of hydrogen-bond acceptors (Lipinski definition) is 3. The Balaban J connectivity index is 1.99. The zero-order chi connectivity index (χ0) is 10.1. The molecule has 3 unspecified atom stereocenters. The number of hydrogen-bond donors (Lipinski definition) is 2. The zero-order valence-corrected chi connectivity index (χ0v) is 8.48. The molecule has 1 saturated heterocycles. The highest BCUT2D eigenvalue weighted by atomic mass is 16.1. The number of amides is 1. The second-order valence-electron chi connectivity index (χ2n) is 4.53. The molecule has 0 radical (unpaired) electrons. The molecular formula is C10H19N3O. The van der Waals surface area contributed by atoms with E-state index in [0.717, 1.165) is 38.6 Å². The van der Waals surface area contributed by atoms with Gasteiger partial charge in [-0.05, 0) is 38.6 Å². The number of nitrogens with zero attached hydrogens (tertiary/aromatic N) is 1. The SMILES string of the molecule is NC(=O)C1CCCN1C1CCC(N)C1. The summed E-state index contributed by atoms with van der Waals surface area (Å²) in [7, 11) is 0. The molecule has 1 saturated carbocycles. The lowest BCUT2D eigenvalue weighted by Crippen LogP contribution is -2.45. The Hall–Kier alpha value is -0.610. The molecule has 2 aliphatic rings. The molecule has 3 atom stereocenters. The normalized spacial score (nSPS) is 39.1. The van der Waals surface area contributed by atoms with Crippen molar-refractivity contribution in [2.24, 2.45) is 11.5 Å². The van der Waals surface area contributed by atoms with E-state index >= 15 is 0 Å². The minimum atomic E-state index is -0.164. The van der Waals surface area contributed by atoms with Gasteiger partial charge in [0.1, 0.15) is 0 Å². The van der Waals surface area contributed by atoms with Crippen molar-refractivity contribution in [2.45, 2.75) is 50.2 Å². The molecule has 1 aliphatic carbocycles. The maximum atomic E-state index is 11.2. The summed E-state index contributed by atoms with van der Waals surface area (Å²) in [5, 5.41) is 0. The van der Waals surface area contributed by atoms with Crippen LogP contribution < -0.4 is 11.5 Å². The summed E-state index contributed by atoms with van der Waals surface area (Å²) in [6, 6.07) is 0.810. The van der Waals surface area contributed by atoms with Crippen LogP contribution in [0.5, 0.6) is 0 Å². The lowest BCUT2D eigenvalue weighted by molar-refractivity contribution is -0.122. The summed E-state index contributed by atoms with van der Waals surface area (Å²) < 4.78 is 0. The number of carbonyl (C=O) groups is 1. The summed E-state index contributed by atoms with van der Waals surface area (Å²) >= 11 is 0. The van der Waals surface area contributed by atoms with Crippen LogP contribution in [0.2, 0.25) is 0 Å². The number of carbonyl (C=O) groups excluding carboxylic acids is 1. The molecule has 0 aromatic rings. The van der Waals surface area contributed by atoms with Gasteiger partial charge < -0.3 is 11.5 Å². The first-order valence-electron chi connectivity index (χ1n) is 5.49. The highest BCUT2D eigenvalue weighted by Crippen LogP contribution is 2.29. The number of primary amides is 1. The van der Waals surface area contributed by atoms with Crippen molar-refractivity contribution in [2.75, 3.05) is 6.54 Å². The predicted molar refractivity (Wildman–Crippen MR) is 54.5 cm³/mol. The van der Waals surface area contributed by atoms with E-state index in [2.05, 4.69) is 4.90 Å². The van der Waals surface area contributed by atoms with E-state index in [1.807, 2.05) is 0 Å². The van der Waals surface area contributed by atoms with Gasteiger partial charge in [-0.1, -0.05) is 0 Å². The van der Waals surface area contributed by atoms with Crippen LogP contribution in [-0.2, 0) is 4.79 Å². The van der Waals surface area contributed by atoms with E-state index in [-0.39, 0.29) is 11.9 Å². The standard InChI is InChI=1S/C10H19N3O/c11-7-3-4-8(6-7)13-5-1-2-9(13)10(12)14/h7-9H,1-6,11H2,(H2,12,14). The van der Waals surface area contributed by atoms with Crippen molar-refractivity contribution < 1.29 is 4.79 Å². The van der Waals surface area contributed by atoms with Crippen molar-refractivity contribution in [3.63, 3.8) is 0 Å². The highest BCUT2D eigenvalue weighted by Gasteiger charge is 2.36. The first kappa shape index (κ1) is 9.93. The van der Waals surface area contributed by atoms with Crippen LogP contribution in [0.1, 0.15) is 32.1 Å². The van der Waals surface area contributed by atoms with Crippen molar-refractivity contribution in [3.8, 4) is 0 Å². The van der Waals surface area contributed by atoms with E-state index < -0.39 is 0 Å². The quantitative estimate of drug-likeness (QED) is 0.645. The smallest absolute Gasteiger partial charge is 0.234 e. The topological polar surface area (TPSA) is 72.4 Å². The monoisotopic (exact) mass is 197 g/mol. The van der Waals surface area contributed by atoms with Gasteiger partial charge in [0, 0.05) is 12.1 Å². The van der Waals surface area contributed by atoms with E-state index in [1.165, 1.54) is 0 Å². The molecule has 4 N–H and O–H groups in total. The van der Waals surface area contributed by atoms with Crippen molar-refractivity contribution in [3.05, 3.63) is 0 Å². The second-order valence-corrected chi connectivity index (χ2v) is 4.53. The summed E-state index contributed by atoms with van der Waals surface area (Å²) in [6.07, 6.45) is 5.28. The minimum Gasteiger partial charge on any atom is -0.368 e. The fourth-order valence-electron chi connectivity index (χ4n) is 2.82. The van der Waals surface area contributed by atoms with E-state index in [9.17, 15) is 4.79 Å². The Morgan fingerprint density at radius 1 is 1.29 bits per heavy atom. The molecule has 1 amide bonds. The average Bonchev–Trinajstić information content (AvgIpc) is 2.70. The summed E-state index contributed by atoms with van der Waals surface area (Å²) in [5.74, 6) is -0.164. The molecule has 0 spiro atoms. The molecule has 2 rings (SSSR count). The average molecular weight is 197 g/mol. The third kappa shape index (κ3) is 1.77. The summed E-state index contributed by atoms with van der Waals surface area (Å²) in [4.78, 5) is 13.5. The largest absolute Gasteiger partial charge is 0.368 e. The number of likely N-dealkylation sites (tertiary alicyclic amines) is 1. The third-order valence-corrected chi connectivity index (χ3v) is 3.54. The number of rotatable bonds is 2. The molecule has 0 aromatic heterocycles. The molecular weight excluding hydrogens is 178 g/mol. The lowest BCUT2D eigenvalue weighted by Gasteiger charge is -2.28. The first-order chi connectivity index (χ1) is 6.68. The van der Waals surface area contributed by atoms with Gasteiger partial charge in [-0.3, -0.25) is 9.69 Å². The molecule has 80 valence electrons. The highest BCUT2D eigenvalue weighted by molar-refractivity contribution is 5.80. The van der Waals surface area contributed by atoms with Gasteiger partial charge in [0.2, 0.25) is 5.91 Å². The van der Waals surface area contributed by atoms with Gasteiger partial charge in [-0.2, -0.15) is 0 Å². The maximum Gasteiger partial charge on any atom is 0.234 e. The maximum absolute atomic E-state index is 11.2. The predicted octanol–water partition coefficient (Wildman–Crippen LogP) is -0.184. The summed E-state index contributed by atoms with van der Waals surface area (Å²) in [5.41, 5.74) is 11.2. The van der Waals surface area contributed by atoms with Crippen molar-refractivity contribution in [1.82, 2.24) is 4.90 Å². The molecule has 14 heavy (non-hydrogen) atoms. The molecule has 0 aromatic carbocycles. The summed E-state index contributed by atoms with van der Waals surface area (Å²) in [6.45, 7) is 1.02. The van der Waals surface area contributed by atoms with Crippen molar-refractivity contribution in [1.29, 1.82) is 0 Å². The Morgan fingerprint density at radius 2 is 2.07 bits per heavy atom. The fourth-order valence-corrected chi connectivity index (χ4v) is 2.82. The van der Waals surface area contributed by atoms with Crippen molar-refractivity contribution >= 4 is 5.91 Å². The third-order valence-electron chi connectivity index (χ3n) is 3.54. The van der Waals surface area contributed by atoms with Gasteiger partial charge in [-0.15, -0.1) is 0 Å². The zero-order valence-electron chi connectivity index (χ0n) is 8.48. The fraction of sp³-hybridized carbons (Fsp3) is 0.900. The van der Waals surface area contributed by atoms with Gasteiger partial charge in [0.05, 0.1) is 6.04 Å². The molecule has 0 bridgehead atoms. The molecule has 4 heteroatoms. The van der Waals surface area contributed by atoms with Gasteiger partial charge in [-0.25, -0.2) is 0 Å². The lowest BCUT2D eigenvalue weighted by atomic mass is 10.1. The molecule has 4 nitrogen and oxygen atoms in total. The van der Waals surface area contributed by atoms with Gasteiger partial charge in [0.15, 0.2) is 0 Å². The van der Waals surface area contributed by atoms with Crippen LogP contribution in [0.25, 0.3) is 0 Å². The second kappa shape index (κ2) is 3.87. The van der Waals surface area contributed by atoms with Crippen LogP contribution in [0.15, 0.2) is 0 Å². The van der Waals surface area contributed by atoms with Gasteiger partial charge >= 0.3 is 0 Å². The molecule has 1 heterocycles. The number of nitrogens with two attached hydrogens (primary N) is 2. The Kier molecular flexibility index (Phi) is 2.74. The Labute approximate surface area is 84.6 Å². The van der Waals surface area contributed by atoms with Crippen LogP contribution in [0.3, 0.4) is 0 Å². The van der Waals surface area contributed by atoms with Gasteiger partial charge in [0.25, 0.3) is 0 Å². The molecule has 1 aliphatic heterocycles. The van der Waals surface area contributed by atoms with Crippen LogP contribution >= 0.6 is 0 Å². The van der Waals surface area contributed by atoms with Crippen LogP contribution in [0.4, 0.5) is 0 Å². The van der Waals surface area contributed by atoms with E-state index in [1.54, 1.807) is 0 Å². The Bertz CT molecular complexity index is 231. The minimum absolute atomic E-state index is 0.0229. The molecule has 2 fully saturated rings. The van der Waals surface area contributed by atoms with E-state index in [0.29, 0.717) is 12.1 Å². The first-order valence-corrected chi connectivity index (χ1v) is 5.49. The Morgan fingerprint density at radius 3 is 2.64 bits per heavy atom.